The van der Waals surface area contributed by atoms with Gasteiger partial charge >= 0.3 is 0 Å². The minimum atomic E-state index is 0.104. The highest BCUT2D eigenvalue weighted by Gasteiger charge is 2.19. The van der Waals surface area contributed by atoms with Crippen molar-refractivity contribution in [1.29, 1.82) is 5.26 Å². The summed E-state index contributed by atoms with van der Waals surface area (Å²) in [5.74, 6) is 0.653. The zero-order valence-electron chi connectivity index (χ0n) is 19.9. The van der Waals surface area contributed by atoms with E-state index in [9.17, 15) is 5.26 Å². The predicted octanol–water partition coefficient (Wildman–Crippen LogP) is 6.63. The molecule has 0 atom stereocenters. The Morgan fingerprint density at radius 1 is 1.00 bits per heavy atom. The second kappa shape index (κ2) is 9.59. The third kappa shape index (κ3) is 4.44. The number of nitriles is 1. The van der Waals surface area contributed by atoms with Gasteiger partial charge in [0.15, 0.2) is 0 Å². The third-order valence-corrected chi connectivity index (χ3v) is 7.40. The highest BCUT2D eigenvalue weighted by atomic mass is 16.5. The molecule has 2 aromatic heterocycles. The van der Waals surface area contributed by atoms with Crippen molar-refractivity contribution in [3.63, 3.8) is 0 Å². The lowest BCUT2D eigenvalue weighted by Gasteiger charge is -2.24. The normalized spacial score (nSPS) is 17.5. The Hall–Kier alpha value is -3.56. The number of hydrogen-bond donors (Lipinski definition) is 1. The van der Waals surface area contributed by atoms with Crippen LogP contribution >= 0.6 is 0 Å². The first kappa shape index (κ1) is 21.9. The minimum Gasteiger partial charge on any atom is -0.489 e. The fraction of sp³-hybridized carbons (Fsp3) is 0.379. The van der Waals surface area contributed by atoms with E-state index in [1.54, 1.807) is 0 Å². The zero-order chi connectivity index (χ0) is 23.6. The molecule has 1 saturated heterocycles. The summed E-state index contributed by atoms with van der Waals surface area (Å²) < 4.78 is 13.7. The van der Waals surface area contributed by atoms with Gasteiger partial charge in [0.05, 0.1) is 31.0 Å². The number of nitrogens with one attached hydrogen (secondary N) is 1. The van der Waals surface area contributed by atoms with E-state index in [-0.39, 0.29) is 6.10 Å². The van der Waals surface area contributed by atoms with Crippen LogP contribution < -0.4 is 4.74 Å². The molecule has 1 saturated carbocycles. The summed E-state index contributed by atoms with van der Waals surface area (Å²) in [7, 11) is 0. The van der Waals surface area contributed by atoms with E-state index >= 15 is 0 Å². The van der Waals surface area contributed by atoms with Gasteiger partial charge in [0.1, 0.15) is 17.9 Å². The Morgan fingerprint density at radius 3 is 2.69 bits per heavy atom. The van der Waals surface area contributed by atoms with Crippen LogP contribution in [0.5, 0.6) is 5.75 Å². The lowest BCUT2D eigenvalue weighted by molar-refractivity contribution is 0.0254. The lowest BCUT2D eigenvalue weighted by Crippen LogP contribution is -2.26. The van der Waals surface area contributed by atoms with Crippen molar-refractivity contribution in [2.45, 2.75) is 57.1 Å². The molecular weight excluding hydrogens is 436 g/mol. The summed E-state index contributed by atoms with van der Waals surface area (Å²) in [5.41, 5.74) is 5.92. The van der Waals surface area contributed by atoms with Gasteiger partial charge in [-0.1, -0.05) is 37.5 Å². The first-order valence-corrected chi connectivity index (χ1v) is 12.7. The van der Waals surface area contributed by atoms with E-state index in [1.165, 1.54) is 32.1 Å². The van der Waals surface area contributed by atoms with Crippen molar-refractivity contribution in [1.82, 2.24) is 14.8 Å². The minimum absolute atomic E-state index is 0.104. The standard InChI is InChI=1S/C29H30N4O2/c30-17-21-15-20(9-10-29(21)35-24-11-13-34-14-12-24)25-7-4-8-27-26(25)16-28(32-27)22-18-31-33(19-22)23-5-2-1-3-6-23/h4,7-10,15-16,18-19,23-24,32H,1-3,5-6,11-14H2. The van der Waals surface area contributed by atoms with E-state index in [2.05, 4.69) is 57.4 Å². The van der Waals surface area contributed by atoms with Gasteiger partial charge in [0, 0.05) is 41.2 Å². The van der Waals surface area contributed by atoms with Crippen molar-refractivity contribution in [2.75, 3.05) is 13.2 Å². The molecule has 178 valence electrons. The van der Waals surface area contributed by atoms with E-state index in [4.69, 9.17) is 9.47 Å². The fourth-order valence-electron chi connectivity index (χ4n) is 5.45. The van der Waals surface area contributed by atoms with E-state index in [0.717, 1.165) is 46.1 Å². The Bertz CT molecular complexity index is 1370. The average Bonchev–Trinajstić information content (AvgIpc) is 3.58. The SMILES string of the molecule is N#Cc1cc(-c2cccc3[nH]c(-c4cnn(C5CCCCC5)c4)cc23)ccc1OC1CCOCC1. The van der Waals surface area contributed by atoms with Gasteiger partial charge in [-0.25, -0.2) is 0 Å². The molecule has 0 amide bonds. The Labute approximate surface area is 205 Å². The summed E-state index contributed by atoms with van der Waals surface area (Å²) in [6.45, 7) is 1.42. The molecule has 1 aliphatic carbocycles. The fourth-order valence-corrected chi connectivity index (χ4v) is 5.45. The second-order valence-electron chi connectivity index (χ2n) is 9.70. The molecule has 0 spiro atoms. The number of H-pyrrole nitrogens is 1. The number of ether oxygens (including phenoxy) is 2. The summed E-state index contributed by atoms with van der Waals surface area (Å²) in [5, 5.41) is 15.6. The molecule has 35 heavy (non-hydrogen) atoms. The highest BCUT2D eigenvalue weighted by Crippen LogP contribution is 2.35. The van der Waals surface area contributed by atoms with E-state index < -0.39 is 0 Å². The predicted molar refractivity (Wildman–Crippen MR) is 136 cm³/mol. The molecule has 4 aromatic rings. The first-order valence-electron chi connectivity index (χ1n) is 12.7. The Balaban J connectivity index is 1.30. The summed E-state index contributed by atoms with van der Waals surface area (Å²) in [4.78, 5) is 3.58. The van der Waals surface area contributed by atoms with Crippen molar-refractivity contribution < 1.29 is 9.47 Å². The van der Waals surface area contributed by atoms with Gasteiger partial charge in [-0.15, -0.1) is 0 Å². The van der Waals surface area contributed by atoms with Crippen molar-refractivity contribution >= 4 is 10.9 Å². The second-order valence-corrected chi connectivity index (χ2v) is 9.70. The maximum atomic E-state index is 9.82. The van der Waals surface area contributed by atoms with Crippen LogP contribution in [0, 0.1) is 11.3 Å². The van der Waals surface area contributed by atoms with E-state index in [1.807, 2.05) is 18.3 Å². The van der Waals surface area contributed by atoms with Crippen LogP contribution in [-0.4, -0.2) is 34.1 Å². The molecule has 6 nitrogen and oxygen atoms in total. The molecule has 1 N–H and O–H groups in total. The lowest BCUT2D eigenvalue weighted by atomic mass is 9.96. The van der Waals surface area contributed by atoms with Crippen LogP contribution in [0.4, 0.5) is 0 Å². The molecule has 0 unspecified atom stereocenters. The summed E-state index contributed by atoms with van der Waals surface area (Å²) in [6.07, 6.45) is 12.3. The number of aromatic nitrogens is 3. The Kier molecular flexibility index (Phi) is 6.01. The van der Waals surface area contributed by atoms with Crippen molar-refractivity contribution in [3.05, 3.63) is 60.4 Å². The zero-order valence-corrected chi connectivity index (χ0v) is 19.9. The quantitative estimate of drug-likeness (QED) is 0.358. The molecule has 6 rings (SSSR count). The molecule has 2 aliphatic rings. The molecule has 3 heterocycles. The molecule has 0 bridgehead atoms. The molecule has 1 aliphatic heterocycles. The van der Waals surface area contributed by atoms with Gasteiger partial charge < -0.3 is 14.5 Å². The van der Waals surface area contributed by atoms with Crippen LogP contribution in [0.1, 0.15) is 56.6 Å². The molecular formula is C29H30N4O2. The van der Waals surface area contributed by atoms with Crippen LogP contribution in [0.25, 0.3) is 33.3 Å². The number of fused-ring (bicyclic) bond motifs is 1. The first-order chi connectivity index (χ1) is 17.3. The van der Waals surface area contributed by atoms with Gasteiger partial charge in [0.25, 0.3) is 0 Å². The van der Waals surface area contributed by atoms with Crippen LogP contribution in [-0.2, 0) is 4.74 Å². The average molecular weight is 467 g/mol. The summed E-state index contributed by atoms with van der Waals surface area (Å²) >= 11 is 0. The third-order valence-electron chi connectivity index (χ3n) is 7.40. The number of rotatable bonds is 5. The Morgan fingerprint density at radius 2 is 1.86 bits per heavy atom. The van der Waals surface area contributed by atoms with Crippen LogP contribution in [0.15, 0.2) is 54.9 Å². The highest BCUT2D eigenvalue weighted by molar-refractivity contribution is 5.98. The molecule has 6 heteroatoms. The monoisotopic (exact) mass is 466 g/mol. The van der Waals surface area contributed by atoms with Crippen LogP contribution in [0.3, 0.4) is 0 Å². The number of aromatic amines is 1. The molecule has 0 radical (unpaired) electrons. The number of benzene rings is 2. The number of hydrogen-bond acceptors (Lipinski definition) is 4. The van der Waals surface area contributed by atoms with Gasteiger partial charge in [-0.05, 0) is 48.2 Å². The van der Waals surface area contributed by atoms with Gasteiger partial charge in [-0.3, -0.25) is 4.68 Å². The topological polar surface area (TPSA) is 75.9 Å². The maximum Gasteiger partial charge on any atom is 0.137 e. The largest absolute Gasteiger partial charge is 0.489 e. The molecule has 2 fully saturated rings. The van der Waals surface area contributed by atoms with Crippen LogP contribution in [0.2, 0.25) is 0 Å². The van der Waals surface area contributed by atoms with Crippen molar-refractivity contribution in [3.8, 4) is 34.2 Å². The van der Waals surface area contributed by atoms with Gasteiger partial charge in [-0.2, -0.15) is 10.4 Å². The molecule has 2 aromatic carbocycles. The van der Waals surface area contributed by atoms with Crippen molar-refractivity contribution in [2.24, 2.45) is 0 Å². The van der Waals surface area contributed by atoms with Gasteiger partial charge in [0.2, 0.25) is 0 Å². The number of nitrogens with zero attached hydrogens (tertiary/aromatic N) is 3. The smallest absolute Gasteiger partial charge is 0.137 e. The maximum absolute atomic E-state index is 9.82. The summed E-state index contributed by atoms with van der Waals surface area (Å²) in [6, 6.07) is 17.2. The van der Waals surface area contributed by atoms with E-state index in [0.29, 0.717) is 30.6 Å².